The van der Waals surface area contributed by atoms with Crippen LogP contribution in [0.5, 0.6) is 0 Å². The minimum absolute atomic E-state index is 0.272. The highest BCUT2D eigenvalue weighted by atomic mass is 32.1. The molecule has 4 nitrogen and oxygen atoms in total. The monoisotopic (exact) mass is 389 g/mol. The third kappa shape index (κ3) is 2.95. The van der Waals surface area contributed by atoms with Crippen molar-refractivity contribution in [3.8, 4) is 0 Å². The van der Waals surface area contributed by atoms with Crippen LogP contribution in [-0.4, -0.2) is 15.5 Å². The number of hydrogen-bond acceptors (Lipinski definition) is 4. The van der Waals surface area contributed by atoms with Gasteiger partial charge in [0.25, 0.3) is 0 Å². The molecule has 2 heterocycles. The van der Waals surface area contributed by atoms with Gasteiger partial charge in [0.1, 0.15) is 5.82 Å². The number of benzene rings is 2. The lowest BCUT2D eigenvalue weighted by Crippen LogP contribution is -2.17. The fourth-order valence-electron chi connectivity index (χ4n) is 2.74. The largest absolute Gasteiger partial charge is 0.314 e. The van der Waals surface area contributed by atoms with E-state index in [0.717, 1.165) is 34.0 Å². The number of fused-ring (bicyclic) bond motifs is 2. The highest BCUT2D eigenvalue weighted by molar-refractivity contribution is 7.20. The minimum atomic E-state index is -0.654. The summed E-state index contributed by atoms with van der Waals surface area (Å²) in [6.45, 7) is 2.42. The van der Waals surface area contributed by atoms with Gasteiger partial charge in [0.2, 0.25) is 0 Å². The number of para-hydroxylation sites is 1. The molecule has 26 heavy (non-hydrogen) atoms. The maximum atomic E-state index is 14.3. The molecule has 0 aliphatic carbocycles. The standard InChI is InChI=1S/C18H13F2N3OS2/c1-2-7-23-15-11(20)8-10(19)9-14(15)26-18(23)22-16(24)17-21-12-5-3-4-6-13(12)25-17/h3-6,8-9H,2,7H2,1H3. The van der Waals surface area contributed by atoms with Gasteiger partial charge in [-0.25, -0.2) is 13.8 Å². The van der Waals surface area contributed by atoms with Gasteiger partial charge < -0.3 is 4.57 Å². The zero-order valence-corrected chi connectivity index (χ0v) is 15.3. The summed E-state index contributed by atoms with van der Waals surface area (Å²) in [5.41, 5.74) is 1.01. The molecule has 132 valence electrons. The Labute approximate surface area is 155 Å². The molecule has 0 fully saturated rings. The Morgan fingerprint density at radius 3 is 2.77 bits per heavy atom. The summed E-state index contributed by atoms with van der Waals surface area (Å²) in [4.78, 5) is 21.4. The van der Waals surface area contributed by atoms with Crippen LogP contribution >= 0.6 is 22.7 Å². The van der Waals surface area contributed by atoms with E-state index in [1.165, 1.54) is 17.4 Å². The van der Waals surface area contributed by atoms with Gasteiger partial charge in [-0.05, 0) is 24.6 Å². The number of hydrogen-bond donors (Lipinski definition) is 0. The number of rotatable bonds is 3. The second kappa shape index (κ2) is 6.69. The normalized spacial score (nSPS) is 12.3. The van der Waals surface area contributed by atoms with Crippen molar-refractivity contribution in [1.82, 2.24) is 9.55 Å². The molecule has 2 aromatic heterocycles. The van der Waals surface area contributed by atoms with Crippen LogP contribution in [-0.2, 0) is 6.54 Å². The zero-order chi connectivity index (χ0) is 18.3. The van der Waals surface area contributed by atoms with Crippen LogP contribution in [0.3, 0.4) is 0 Å². The molecule has 0 aliphatic heterocycles. The van der Waals surface area contributed by atoms with Crippen LogP contribution in [0.4, 0.5) is 8.78 Å². The third-order valence-electron chi connectivity index (χ3n) is 3.82. The fraction of sp³-hybridized carbons (Fsp3) is 0.167. The molecular weight excluding hydrogens is 376 g/mol. The predicted octanol–water partition coefficient (Wildman–Crippen LogP) is 4.74. The van der Waals surface area contributed by atoms with Crippen LogP contribution in [0.25, 0.3) is 20.4 Å². The number of carbonyl (C=O) groups excluding carboxylic acids is 1. The molecule has 4 rings (SSSR count). The first-order valence-electron chi connectivity index (χ1n) is 8.00. The van der Waals surface area contributed by atoms with Crippen molar-refractivity contribution >= 4 is 49.0 Å². The Kier molecular flexibility index (Phi) is 4.37. The van der Waals surface area contributed by atoms with Gasteiger partial charge in [0.15, 0.2) is 15.6 Å². The van der Waals surface area contributed by atoms with Gasteiger partial charge in [-0.2, -0.15) is 4.99 Å². The van der Waals surface area contributed by atoms with E-state index in [0.29, 0.717) is 16.0 Å². The molecule has 0 bridgehead atoms. The molecule has 2 aromatic carbocycles. The average molecular weight is 389 g/mol. The Morgan fingerprint density at radius 2 is 2.00 bits per heavy atom. The number of aryl methyl sites for hydroxylation is 1. The van der Waals surface area contributed by atoms with Crippen molar-refractivity contribution in [3.05, 3.63) is 57.8 Å². The Morgan fingerprint density at radius 1 is 1.19 bits per heavy atom. The summed E-state index contributed by atoms with van der Waals surface area (Å²) in [6.07, 6.45) is 0.727. The van der Waals surface area contributed by atoms with Gasteiger partial charge in [0, 0.05) is 12.6 Å². The molecule has 8 heteroatoms. The van der Waals surface area contributed by atoms with Gasteiger partial charge in [-0.15, -0.1) is 11.3 Å². The lowest BCUT2D eigenvalue weighted by atomic mass is 10.3. The first-order chi connectivity index (χ1) is 12.6. The summed E-state index contributed by atoms with van der Waals surface area (Å²) < 4.78 is 30.7. The number of carbonyl (C=O) groups is 1. The smallest absolute Gasteiger partial charge is 0.308 e. The first kappa shape index (κ1) is 17.0. The molecule has 0 spiro atoms. The zero-order valence-electron chi connectivity index (χ0n) is 13.7. The summed E-state index contributed by atoms with van der Waals surface area (Å²) in [6, 6.07) is 9.56. The SMILES string of the molecule is CCCn1c(=NC(=O)c2nc3ccccc3s2)sc2cc(F)cc(F)c21. The van der Waals surface area contributed by atoms with Crippen LogP contribution in [0.15, 0.2) is 41.4 Å². The van der Waals surface area contributed by atoms with Crippen LogP contribution < -0.4 is 4.80 Å². The maximum Gasteiger partial charge on any atom is 0.308 e. The van der Waals surface area contributed by atoms with Crippen molar-refractivity contribution in [2.75, 3.05) is 0 Å². The van der Waals surface area contributed by atoms with Gasteiger partial charge >= 0.3 is 5.91 Å². The fourth-order valence-corrected chi connectivity index (χ4v) is 4.69. The molecule has 0 unspecified atom stereocenters. The van der Waals surface area contributed by atoms with Crippen molar-refractivity contribution in [3.63, 3.8) is 0 Å². The van der Waals surface area contributed by atoms with Gasteiger partial charge in [0.05, 0.1) is 20.4 Å². The molecular formula is C18H13F2N3OS2. The molecule has 0 saturated heterocycles. The van der Waals surface area contributed by atoms with Crippen LogP contribution in [0, 0.1) is 11.6 Å². The molecule has 0 aliphatic rings. The van der Waals surface area contributed by atoms with Crippen molar-refractivity contribution in [2.45, 2.75) is 19.9 Å². The van der Waals surface area contributed by atoms with E-state index < -0.39 is 17.5 Å². The highest BCUT2D eigenvalue weighted by Crippen LogP contribution is 2.24. The predicted molar refractivity (Wildman–Crippen MR) is 99.5 cm³/mol. The lowest BCUT2D eigenvalue weighted by Gasteiger charge is -2.03. The maximum absolute atomic E-state index is 14.3. The van der Waals surface area contributed by atoms with E-state index in [2.05, 4.69) is 9.98 Å². The van der Waals surface area contributed by atoms with E-state index in [1.807, 2.05) is 31.2 Å². The highest BCUT2D eigenvalue weighted by Gasteiger charge is 2.15. The summed E-state index contributed by atoms with van der Waals surface area (Å²) >= 11 is 2.36. The molecule has 0 N–H and O–H groups in total. The number of thiazole rings is 2. The van der Waals surface area contributed by atoms with E-state index in [-0.39, 0.29) is 10.5 Å². The van der Waals surface area contributed by atoms with Crippen molar-refractivity contribution < 1.29 is 13.6 Å². The van der Waals surface area contributed by atoms with Crippen LogP contribution in [0.1, 0.15) is 23.1 Å². The lowest BCUT2D eigenvalue weighted by molar-refractivity contribution is 0.0997. The Bertz CT molecular complexity index is 1170. The summed E-state index contributed by atoms with van der Waals surface area (Å²) in [5.74, 6) is -1.79. The van der Waals surface area contributed by atoms with Crippen LogP contribution in [0.2, 0.25) is 0 Å². The number of aromatic nitrogens is 2. The van der Waals surface area contributed by atoms with Gasteiger partial charge in [-0.1, -0.05) is 30.4 Å². The molecule has 0 atom stereocenters. The average Bonchev–Trinajstić information content (AvgIpc) is 3.17. The van der Waals surface area contributed by atoms with Gasteiger partial charge in [-0.3, -0.25) is 4.79 Å². The summed E-state index contributed by atoms with van der Waals surface area (Å²) in [7, 11) is 0. The molecule has 4 aromatic rings. The molecule has 0 radical (unpaired) electrons. The second-order valence-electron chi connectivity index (χ2n) is 5.67. The second-order valence-corrected chi connectivity index (χ2v) is 7.71. The van der Waals surface area contributed by atoms with Crippen molar-refractivity contribution in [2.24, 2.45) is 4.99 Å². The summed E-state index contributed by atoms with van der Waals surface area (Å²) in [5, 5.41) is 0.276. The van der Waals surface area contributed by atoms with E-state index in [1.54, 1.807) is 4.57 Å². The van der Waals surface area contributed by atoms with E-state index in [9.17, 15) is 13.6 Å². The Balaban J connectivity index is 1.87. The Hall–Kier alpha value is -2.45. The van der Waals surface area contributed by atoms with Crippen molar-refractivity contribution in [1.29, 1.82) is 0 Å². The first-order valence-corrected chi connectivity index (χ1v) is 9.63. The number of amides is 1. The number of nitrogens with zero attached hydrogens (tertiary/aromatic N) is 3. The topological polar surface area (TPSA) is 47.2 Å². The molecule has 1 amide bonds. The van der Waals surface area contributed by atoms with E-state index >= 15 is 0 Å². The van der Waals surface area contributed by atoms with E-state index in [4.69, 9.17) is 0 Å². The molecule has 0 saturated carbocycles. The minimum Gasteiger partial charge on any atom is -0.314 e. The quantitative estimate of drug-likeness (QED) is 0.508. The number of halogens is 2. The third-order valence-corrected chi connectivity index (χ3v) is 5.87.